The summed E-state index contributed by atoms with van der Waals surface area (Å²) in [6.07, 6.45) is 11.6. The molecular formula is C21H47P3. The second-order valence-electron chi connectivity index (χ2n) is 8.29. The molecule has 0 aromatic rings. The van der Waals surface area contributed by atoms with Gasteiger partial charge in [0.1, 0.15) is 0 Å². The third-order valence-corrected chi connectivity index (χ3v) is 11.6. The number of rotatable bonds is 13. The van der Waals surface area contributed by atoms with Crippen LogP contribution in [-0.2, 0) is 0 Å². The summed E-state index contributed by atoms with van der Waals surface area (Å²) < 4.78 is 0. The molecule has 24 heavy (non-hydrogen) atoms. The Morgan fingerprint density at radius 3 is 1.17 bits per heavy atom. The molecule has 0 saturated heterocycles. The van der Waals surface area contributed by atoms with Crippen molar-refractivity contribution in [3.05, 3.63) is 0 Å². The lowest BCUT2D eigenvalue weighted by molar-refractivity contribution is 0.178. The summed E-state index contributed by atoms with van der Waals surface area (Å²) in [5.41, 5.74) is 0. The Balaban J connectivity index is 6.17. The van der Waals surface area contributed by atoms with Gasteiger partial charge in [-0.05, 0) is 41.4 Å². The van der Waals surface area contributed by atoms with Crippen molar-refractivity contribution in [1.82, 2.24) is 0 Å². The Morgan fingerprint density at radius 1 is 0.625 bits per heavy atom. The van der Waals surface area contributed by atoms with Gasteiger partial charge in [0, 0.05) is 5.16 Å². The average Bonchev–Trinajstić information content (AvgIpc) is 2.54. The van der Waals surface area contributed by atoms with Gasteiger partial charge in [-0.1, -0.05) is 87.0 Å². The van der Waals surface area contributed by atoms with Crippen LogP contribution in [-0.4, -0.2) is 15.5 Å². The predicted octanol–water partition coefficient (Wildman–Crippen LogP) is 7.71. The zero-order valence-electron chi connectivity index (χ0n) is 17.8. The second-order valence-corrected chi connectivity index (χ2v) is 11.3. The Kier molecular flexibility index (Phi) is 11.8. The van der Waals surface area contributed by atoms with Crippen molar-refractivity contribution in [2.75, 3.05) is 0 Å². The first kappa shape index (κ1) is 25.3. The van der Waals surface area contributed by atoms with E-state index in [0.717, 1.165) is 11.8 Å². The first-order chi connectivity index (χ1) is 11.1. The maximum atomic E-state index is 3.43. The summed E-state index contributed by atoms with van der Waals surface area (Å²) in [5.74, 6) is 1.46. The standard InChI is InChI=1S/C21H47P3/c1-8-13-17(6)19(22,15-10-3)21(24,12-5)20(23,16-11-4)18(7)14-9-2/h17-18H,8-16,22-24H2,1-7H3. The molecule has 0 aliphatic heterocycles. The highest BCUT2D eigenvalue weighted by molar-refractivity contribution is 7.28. The van der Waals surface area contributed by atoms with Crippen molar-refractivity contribution in [2.45, 2.75) is 122 Å². The van der Waals surface area contributed by atoms with E-state index >= 15 is 0 Å². The Bertz CT molecular complexity index is 316. The van der Waals surface area contributed by atoms with E-state index in [1.165, 1.54) is 57.8 Å². The molecular weight excluding hydrogens is 345 g/mol. The molecule has 3 heteroatoms. The summed E-state index contributed by atoms with van der Waals surface area (Å²) in [7, 11) is 10.2. The molecule has 146 valence electrons. The van der Waals surface area contributed by atoms with Crippen LogP contribution in [0.25, 0.3) is 0 Å². The van der Waals surface area contributed by atoms with E-state index in [1.54, 1.807) is 0 Å². The summed E-state index contributed by atoms with van der Waals surface area (Å²) in [4.78, 5) is 0. The third kappa shape index (κ3) is 4.96. The van der Waals surface area contributed by atoms with E-state index in [2.05, 4.69) is 76.2 Å². The van der Waals surface area contributed by atoms with Crippen molar-refractivity contribution < 1.29 is 0 Å². The molecule has 0 N–H and O–H groups in total. The zero-order valence-corrected chi connectivity index (χ0v) is 21.2. The van der Waals surface area contributed by atoms with Gasteiger partial charge in [0.25, 0.3) is 0 Å². The van der Waals surface area contributed by atoms with Crippen molar-refractivity contribution in [1.29, 1.82) is 0 Å². The molecule has 0 heterocycles. The molecule has 0 rings (SSSR count). The highest BCUT2D eigenvalue weighted by Gasteiger charge is 2.57. The molecule has 0 aromatic carbocycles. The van der Waals surface area contributed by atoms with E-state index in [4.69, 9.17) is 0 Å². The Morgan fingerprint density at radius 2 is 0.958 bits per heavy atom. The first-order valence-electron chi connectivity index (χ1n) is 10.5. The molecule has 0 saturated carbocycles. The number of hydrogen-bond acceptors (Lipinski definition) is 0. The largest absolute Gasteiger partial charge is 0.130 e. The van der Waals surface area contributed by atoms with Crippen molar-refractivity contribution in [3.8, 4) is 0 Å². The van der Waals surface area contributed by atoms with Crippen LogP contribution in [0.4, 0.5) is 0 Å². The lowest BCUT2D eigenvalue weighted by Crippen LogP contribution is -2.62. The minimum atomic E-state index is 0.241. The van der Waals surface area contributed by atoms with Crippen LogP contribution < -0.4 is 0 Å². The fourth-order valence-corrected chi connectivity index (χ4v) is 8.00. The molecule has 0 nitrogen and oxygen atoms in total. The smallest absolute Gasteiger partial charge is 0.00329 e. The van der Waals surface area contributed by atoms with Crippen LogP contribution in [0, 0.1) is 11.8 Å². The molecule has 0 spiro atoms. The molecule has 7 unspecified atom stereocenters. The van der Waals surface area contributed by atoms with Gasteiger partial charge in [0.2, 0.25) is 0 Å². The highest BCUT2D eigenvalue weighted by atomic mass is 31.0. The zero-order chi connectivity index (χ0) is 19.0. The van der Waals surface area contributed by atoms with Gasteiger partial charge in [-0.3, -0.25) is 0 Å². The van der Waals surface area contributed by atoms with Gasteiger partial charge in [-0.15, -0.1) is 27.7 Å². The summed E-state index contributed by atoms with van der Waals surface area (Å²) >= 11 is 0. The van der Waals surface area contributed by atoms with Gasteiger partial charge in [-0.25, -0.2) is 0 Å². The van der Waals surface area contributed by atoms with Crippen molar-refractivity contribution in [2.24, 2.45) is 11.8 Å². The molecule has 0 amide bonds. The van der Waals surface area contributed by atoms with Crippen LogP contribution >= 0.6 is 27.7 Å². The quantitative estimate of drug-likeness (QED) is 0.282. The fourth-order valence-electron chi connectivity index (χ4n) is 5.12. The lowest BCUT2D eigenvalue weighted by atomic mass is 9.63. The van der Waals surface area contributed by atoms with Gasteiger partial charge in [-0.2, -0.15) is 0 Å². The van der Waals surface area contributed by atoms with E-state index in [9.17, 15) is 0 Å². The molecule has 0 bridgehead atoms. The normalized spacial score (nSPS) is 22.2. The highest BCUT2D eigenvalue weighted by Crippen LogP contribution is 2.62. The SMILES string of the molecule is CCCC(C)C(P)(CCC)C(P)(CC)C(P)(CCC)C(C)CCC. The van der Waals surface area contributed by atoms with Crippen LogP contribution in [0.5, 0.6) is 0 Å². The van der Waals surface area contributed by atoms with Gasteiger partial charge in [0.15, 0.2) is 0 Å². The number of hydrogen-bond donors (Lipinski definition) is 0. The molecule has 0 aliphatic carbocycles. The maximum absolute atomic E-state index is 3.43. The first-order valence-corrected chi connectivity index (χ1v) is 12.2. The molecule has 0 aromatic heterocycles. The molecule has 0 aliphatic rings. The topological polar surface area (TPSA) is 0 Å². The van der Waals surface area contributed by atoms with Crippen LogP contribution in [0.3, 0.4) is 0 Å². The third-order valence-electron chi connectivity index (χ3n) is 6.75. The van der Waals surface area contributed by atoms with Crippen LogP contribution in [0.2, 0.25) is 0 Å². The maximum Gasteiger partial charge on any atom is 0.00329 e. The van der Waals surface area contributed by atoms with Crippen LogP contribution in [0.15, 0.2) is 0 Å². The van der Waals surface area contributed by atoms with Gasteiger partial charge < -0.3 is 0 Å². The van der Waals surface area contributed by atoms with E-state index < -0.39 is 0 Å². The second kappa shape index (κ2) is 11.2. The molecule has 0 fully saturated rings. The van der Waals surface area contributed by atoms with E-state index in [-0.39, 0.29) is 15.5 Å². The van der Waals surface area contributed by atoms with Crippen molar-refractivity contribution in [3.63, 3.8) is 0 Å². The van der Waals surface area contributed by atoms with Crippen molar-refractivity contribution >= 4 is 27.7 Å². The molecule has 0 radical (unpaired) electrons. The Labute approximate surface area is 161 Å². The minimum absolute atomic E-state index is 0.241. The summed E-state index contributed by atoms with van der Waals surface area (Å²) in [6.45, 7) is 16.8. The summed E-state index contributed by atoms with van der Waals surface area (Å²) in [5, 5.41) is 0.816. The lowest BCUT2D eigenvalue weighted by Gasteiger charge is -2.61. The average molecular weight is 393 g/mol. The fraction of sp³-hybridized carbons (Fsp3) is 1.00. The van der Waals surface area contributed by atoms with Crippen LogP contribution in [0.1, 0.15) is 106 Å². The molecule has 7 atom stereocenters. The summed E-state index contributed by atoms with van der Waals surface area (Å²) in [6, 6.07) is 0. The van der Waals surface area contributed by atoms with Gasteiger partial charge >= 0.3 is 0 Å². The van der Waals surface area contributed by atoms with Gasteiger partial charge in [0.05, 0.1) is 0 Å². The predicted molar refractivity (Wildman–Crippen MR) is 126 cm³/mol. The Hall–Kier alpha value is 1.29. The van der Waals surface area contributed by atoms with E-state index in [1.807, 2.05) is 0 Å². The minimum Gasteiger partial charge on any atom is -0.130 e. The van der Waals surface area contributed by atoms with E-state index in [0.29, 0.717) is 0 Å². The monoisotopic (exact) mass is 392 g/mol.